The molecule has 0 heterocycles. The highest BCUT2D eigenvalue weighted by Gasteiger charge is 2.11. The van der Waals surface area contributed by atoms with Gasteiger partial charge in [0.05, 0.1) is 0 Å². The van der Waals surface area contributed by atoms with Crippen LogP contribution in [0, 0.1) is 6.92 Å². The van der Waals surface area contributed by atoms with Crippen LogP contribution in [-0.2, 0) is 4.79 Å². The lowest BCUT2D eigenvalue weighted by Crippen LogP contribution is -2.05. The lowest BCUT2D eigenvalue weighted by molar-refractivity contribution is -0.115. The Morgan fingerprint density at radius 1 is 1.00 bits per heavy atom. The largest absolute Gasteiger partial charge is 0.294 e. The molecule has 0 saturated carbocycles. The van der Waals surface area contributed by atoms with E-state index in [0.717, 1.165) is 11.1 Å². The number of allylic oxidation sites excluding steroid dienone is 1. The van der Waals surface area contributed by atoms with Crippen LogP contribution in [0.1, 0.15) is 29.5 Å². The monoisotopic (exact) mass is 250 g/mol. The van der Waals surface area contributed by atoms with Crippen molar-refractivity contribution in [2.75, 3.05) is 0 Å². The fourth-order valence-electron chi connectivity index (χ4n) is 1.91. The molecule has 19 heavy (non-hydrogen) atoms. The van der Waals surface area contributed by atoms with E-state index in [1.807, 2.05) is 67.6 Å². The van der Waals surface area contributed by atoms with E-state index in [2.05, 4.69) is 6.92 Å². The van der Waals surface area contributed by atoms with Crippen molar-refractivity contribution < 1.29 is 4.79 Å². The lowest BCUT2D eigenvalue weighted by atomic mass is 9.96. The van der Waals surface area contributed by atoms with E-state index >= 15 is 0 Å². The van der Waals surface area contributed by atoms with Crippen molar-refractivity contribution in [3.05, 3.63) is 77.4 Å². The third-order valence-electron chi connectivity index (χ3n) is 3.24. The first-order valence-electron chi connectivity index (χ1n) is 6.50. The minimum Gasteiger partial charge on any atom is -0.294 e. The average Bonchev–Trinajstić information content (AvgIpc) is 2.46. The smallest absolute Gasteiger partial charge is 0.162 e. The van der Waals surface area contributed by atoms with Crippen LogP contribution in [0.3, 0.4) is 0 Å². The fraction of sp³-hybridized carbons (Fsp3) is 0.167. The predicted octanol–water partition coefficient (Wildman–Crippen LogP) is 4.38. The summed E-state index contributed by atoms with van der Waals surface area (Å²) in [6.45, 7) is 3.99. The van der Waals surface area contributed by atoms with E-state index in [-0.39, 0.29) is 11.7 Å². The molecule has 2 aromatic carbocycles. The average molecular weight is 250 g/mol. The molecule has 0 spiro atoms. The molecule has 1 unspecified atom stereocenters. The van der Waals surface area contributed by atoms with Gasteiger partial charge in [0.1, 0.15) is 0 Å². The van der Waals surface area contributed by atoms with Crippen LogP contribution in [0.15, 0.2) is 60.7 Å². The second-order valence-electron chi connectivity index (χ2n) is 4.78. The predicted molar refractivity (Wildman–Crippen MR) is 80.1 cm³/mol. The topological polar surface area (TPSA) is 17.1 Å². The molecule has 0 N–H and O–H groups in total. The Morgan fingerprint density at radius 2 is 1.63 bits per heavy atom. The van der Waals surface area contributed by atoms with Crippen molar-refractivity contribution in [2.24, 2.45) is 0 Å². The van der Waals surface area contributed by atoms with Gasteiger partial charge in [0.15, 0.2) is 5.78 Å². The molecule has 1 nitrogen and oxygen atoms in total. The van der Waals surface area contributed by atoms with Gasteiger partial charge in [0, 0.05) is 5.92 Å². The first-order chi connectivity index (χ1) is 9.16. The minimum atomic E-state index is -0.0945. The summed E-state index contributed by atoms with van der Waals surface area (Å²) in [7, 11) is 0. The first kappa shape index (κ1) is 13.3. The number of aryl methyl sites for hydroxylation is 1. The molecule has 1 atom stereocenters. The van der Waals surface area contributed by atoms with Crippen LogP contribution in [0.4, 0.5) is 0 Å². The Hall–Kier alpha value is -2.15. The van der Waals surface area contributed by atoms with Crippen molar-refractivity contribution >= 4 is 11.9 Å². The van der Waals surface area contributed by atoms with E-state index in [4.69, 9.17) is 0 Å². The molecule has 1 heteroatoms. The van der Waals surface area contributed by atoms with E-state index in [9.17, 15) is 4.79 Å². The lowest BCUT2D eigenvalue weighted by Gasteiger charge is -2.07. The molecule has 0 aliphatic rings. The van der Waals surface area contributed by atoms with Crippen molar-refractivity contribution in [3.63, 3.8) is 0 Å². The van der Waals surface area contributed by atoms with Crippen LogP contribution in [0.25, 0.3) is 6.08 Å². The van der Waals surface area contributed by atoms with Gasteiger partial charge in [0.25, 0.3) is 0 Å². The molecular weight excluding hydrogens is 232 g/mol. The number of hydrogen-bond donors (Lipinski definition) is 0. The summed E-state index contributed by atoms with van der Waals surface area (Å²) in [5.74, 6) is 0.0367. The van der Waals surface area contributed by atoms with Crippen molar-refractivity contribution in [1.82, 2.24) is 0 Å². The summed E-state index contributed by atoms with van der Waals surface area (Å²) in [4.78, 5) is 12.1. The summed E-state index contributed by atoms with van der Waals surface area (Å²) >= 11 is 0. The summed E-state index contributed by atoms with van der Waals surface area (Å²) in [6.07, 6.45) is 3.55. The number of carbonyl (C=O) groups is 1. The highest BCUT2D eigenvalue weighted by molar-refractivity contribution is 5.98. The van der Waals surface area contributed by atoms with Gasteiger partial charge in [-0.05, 0) is 24.1 Å². The van der Waals surface area contributed by atoms with Crippen LogP contribution in [0.5, 0.6) is 0 Å². The Bertz CT molecular complexity index is 564. The van der Waals surface area contributed by atoms with Gasteiger partial charge >= 0.3 is 0 Å². The van der Waals surface area contributed by atoms with E-state index in [1.54, 1.807) is 6.08 Å². The Morgan fingerprint density at radius 3 is 2.26 bits per heavy atom. The molecule has 2 aromatic rings. The van der Waals surface area contributed by atoms with Gasteiger partial charge in [-0.3, -0.25) is 4.79 Å². The highest BCUT2D eigenvalue weighted by atomic mass is 16.1. The molecule has 0 radical (unpaired) electrons. The van der Waals surface area contributed by atoms with Crippen molar-refractivity contribution in [3.8, 4) is 0 Å². The maximum Gasteiger partial charge on any atom is 0.162 e. The normalized spacial score (nSPS) is 12.5. The summed E-state index contributed by atoms with van der Waals surface area (Å²) in [5, 5.41) is 0. The number of benzene rings is 2. The molecule has 0 fully saturated rings. The van der Waals surface area contributed by atoms with Gasteiger partial charge in [-0.2, -0.15) is 0 Å². The maximum absolute atomic E-state index is 12.1. The molecule has 0 aliphatic heterocycles. The standard InChI is InChI=1S/C18H18O/c1-14-8-10-16(11-9-14)12-13-18(19)15(2)17-6-4-3-5-7-17/h3-13,15H,1-2H3/b13-12+. The third kappa shape index (κ3) is 3.65. The highest BCUT2D eigenvalue weighted by Crippen LogP contribution is 2.16. The number of ketones is 1. The Labute approximate surface area is 114 Å². The Balaban J connectivity index is 2.07. The molecule has 0 saturated heterocycles. The minimum absolute atomic E-state index is 0.0945. The van der Waals surface area contributed by atoms with Gasteiger partial charge in [0.2, 0.25) is 0 Å². The zero-order valence-electron chi connectivity index (χ0n) is 11.3. The zero-order valence-corrected chi connectivity index (χ0v) is 11.3. The van der Waals surface area contributed by atoms with Crippen molar-refractivity contribution in [1.29, 1.82) is 0 Å². The summed E-state index contributed by atoms with van der Waals surface area (Å²) in [5.41, 5.74) is 3.33. The molecule has 96 valence electrons. The first-order valence-corrected chi connectivity index (χ1v) is 6.50. The summed E-state index contributed by atoms with van der Waals surface area (Å²) in [6, 6.07) is 18.0. The van der Waals surface area contributed by atoms with Gasteiger partial charge < -0.3 is 0 Å². The fourth-order valence-corrected chi connectivity index (χ4v) is 1.91. The molecule has 0 aliphatic carbocycles. The molecule has 0 amide bonds. The van der Waals surface area contributed by atoms with Crippen LogP contribution >= 0.6 is 0 Å². The van der Waals surface area contributed by atoms with E-state index in [1.165, 1.54) is 5.56 Å². The van der Waals surface area contributed by atoms with E-state index < -0.39 is 0 Å². The van der Waals surface area contributed by atoms with Gasteiger partial charge in [-0.15, -0.1) is 0 Å². The van der Waals surface area contributed by atoms with Crippen molar-refractivity contribution in [2.45, 2.75) is 19.8 Å². The molecular formula is C18H18O. The third-order valence-corrected chi connectivity index (χ3v) is 3.24. The van der Waals surface area contributed by atoms with Gasteiger partial charge in [-0.25, -0.2) is 0 Å². The number of hydrogen-bond acceptors (Lipinski definition) is 1. The van der Waals surface area contributed by atoms with Gasteiger partial charge in [-0.1, -0.05) is 73.2 Å². The molecule has 0 bridgehead atoms. The van der Waals surface area contributed by atoms with Crippen LogP contribution in [0.2, 0.25) is 0 Å². The SMILES string of the molecule is Cc1ccc(/C=C/C(=O)C(C)c2ccccc2)cc1. The van der Waals surface area contributed by atoms with Crippen LogP contribution < -0.4 is 0 Å². The quantitative estimate of drug-likeness (QED) is 0.736. The Kier molecular flexibility index (Phi) is 4.30. The zero-order chi connectivity index (χ0) is 13.7. The molecule has 2 rings (SSSR count). The second-order valence-corrected chi connectivity index (χ2v) is 4.78. The maximum atomic E-state index is 12.1. The van der Waals surface area contributed by atoms with E-state index in [0.29, 0.717) is 0 Å². The number of carbonyl (C=O) groups excluding carboxylic acids is 1. The number of rotatable bonds is 4. The second kappa shape index (κ2) is 6.14. The molecule has 0 aromatic heterocycles. The summed E-state index contributed by atoms with van der Waals surface area (Å²) < 4.78 is 0. The van der Waals surface area contributed by atoms with Crippen LogP contribution in [-0.4, -0.2) is 5.78 Å².